The van der Waals surface area contributed by atoms with Gasteiger partial charge >= 0.3 is 0 Å². The molecule has 2 unspecified atom stereocenters. The first-order chi connectivity index (χ1) is 8.15. The van der Waals surface area contributed by atoms with E-state index < -0.39 is 0 Å². The maximum absolute atomic E-state index is 6.11. The Bertz CT molecular complexity index is 205. The van der Waals surface area contributed by atoms with Crippen molar-refractivity contribution in [3.05, 3.63) is 0 Å². The summed E-state index contributed by atoms with van der Waals surface area (Å²) in [6, 6.07) is 0. The molecule has 17 heavy (non-hydrogen) atoms. The van der Waals surface area contributed by atoms with E-state index in [0.717, 1.165) is 12.5 Å². The van der Waals surface area contributed by atoms with Crippen molar-refractivity contribution in [1.29, 1.82) is 0 Å². The highest BCUT2D eigenvalue weighted by Gasteiger charge is 2.34. The molecular formula is C15H32N2. The van der Waals surface area contributed by atoms with E-state index in [0.29, 0.717) is 5.41 Å². The molecule has 1 rings (SSSR count). The molecule has 1 aliphatic rings. The van der Waals surface area contributed by atoms with E-state index in [2.05, 4.69) is 25.7 Å². The fraction of sp³-hybridized carbons (Fsp3) is 1.00. The molecule has 0 heterocycles. The fourth-order valence-electron chi connectivity index (χ4n) is 3.37. The van der Waals surface area contributed by atoms with Gasteiger partial charge in [0.1, 0.15) is 0 Å². The molecule has 2 nitrogen and oxygen atoms in total. The maximum Gasteiger partial charge on any atom is 0.00500 e. The molecule has 0 amide bonds. The van der Waals surface area contributed by atoms with Crippen LogP contribution in [0.4, 0.5) is 0 Å². The minimum Gasteiger partial charge on any atom is -0.330 e. The lowest BCUT2D eigenvalue weighted by atomic mass is 9.69. The third-order valence-corrected chi connectivity index (χ3v) is 4.45. The third-order valence-electron chi connectivity index (χ3n) is 4.45. The van der Waals surface area contributed by atoms with Gasteiger partial charge < -0.3 is 10.6 Å². The summed E-state index contributed by atoms with van der Waals surface area (Å²) in [4.78, 5) is 2.62. The van der Waals surface area contributed by atoms with Gasteiger partial charge in [0, 0.05) is 6.54 Å². The Hall–Kier alpha value is -0.0800. The van der Waals surface area contributed by atoms with Crippen molar-refractivity contribution in [1.82, 2.24) is 4.90 Å². The molecule has 0 aromatic rings. The quantitative estimate of drug-likeness (QED) is 0.740. The first-order valence-corrected chi connectivity index (χ1v) is 7.58. The Morgan fingerprint density at radius 1 is 1.35 bits per heavy atom. The summed E-state index contributed by atoms with van der Waals surface area (Å²) in [6.45, 7) is 11.5. The molecule has 2 atom stereocenters. The van der Waals surface area contributed by atoms with Gasteiger partial charge in [-0.1, -0.05) is 40.0 Å². The van der Waals surface area contributed by atoms with E-state index in [1.165, 1.54) is 58.2 Å². The highest BCUT2D eigenvalue weighted by atomic mass is 15.1. The van der Waals surface area contributed by atoms with Crippen LogP contribution in [0.3, 0.4) is 0 Å². The molecule has 102 valence electrons. The Balaban J connectivity index is 2.53. The summed E-state index contributed by atoms with van der Waals surface area (Å²) in [5.74, 6) is 0.872. The third kappa shape index (κ3) is 4.59. The lowest BCUT2D eigenvalue weighted by Crippen LogP contribution is -2.45. The van der Waals surface area contributed by atoms with Gasteiger partial charge in [-0.2, -0.15) is 0 Å². The van der Waals surface area contributed by atoms with Crippen LogP contribution in [0.25, 0.3) is 0 Å². The van der Waals surface area contributed by atoms with Gasteiger partial charge in [-0.3, -0.25) is 0 Å². The largest absolute Gasteiger partial charge is 0.330 e. The predicted octanol–water partition coefficient (Wildman–Crippen LogP) is 3.26. The molecular weight excluding hydrogens is 208 g/mol. The van der Waals surface area contributed by atoms with Gasteiger partial charge in [-0.25, -0.2) is 0 Å². The zero-order valence-electron chi connectivity index (χ0n) is 12.2. The molecule has 1 fully saturated rings. The smallest absolute Gasteiger partial charge is 0.00500 e. The standard InChI is InChI=1S/C15H32N2/c1-4-6-10-17(5-2)13-15(12-16)9-7-8-14(3)11-15/h14H,4-13,16H2,1-3H3. The van der Waals surface area contributed by atoms with Crippen molar-refractivity contribution in [2.24, 2.45) is 17.1 Å². The number of nitrogens with zero attached hydrogens (tertiary/aromatic N) is 1. The van der Waals surface area contributed by atoms with E-state index in [9.17, 15) is 0 Å². The second-order valence-electron chi connectivity index (χ2n) is 6.13. The Morgan fingerprint density at radius 3 is 2.65 bits per heavy atom. The van der Waals surface area contributed by atoms with Crippen molar-refractivity contribution < 1.29 is 0 Å². The van der Waals surface area contributed by atoms with Gasteiger partial charge in [-0.05, 0) is 50.2 Å². The molecule has 0 saturated heterocycles. The number of hydrogen-bond donors (Lipinski definition) is 1. The highest BCUT2D eigenvalue weighted by molar-refractivity contribution is 4.88. The minimum absolute atomic E-state index is 0.418. The van der Waals surface area contributed by atoms with Gasteiger partial charge in [0.2, 0.25) is 0 Å². The SMILES string of the molecule is CCCCN(CC)CC1(CN)CCCC(C)C1. The molecule has 2 heteroatoms. The molecule has 0 radical (unpaired) electrons. The van der Waals surface area contributed by atoms with E-state index in [1.54, 1.807) is 0 Å². The highest BCUT2D eigenvalue weighted by Crippen LogP contribution is 2.39. The van der Waals surface area contributed by atoms with Gasteiger partial charge in [0.15, 0.2) is 0 Å². The van der Waals surface area contributed by atoms with Crippen molar-refractivity contribution in [3.63, 3.8) is 0 Å². The summed E-state index contributed by atoms with van der Waals surface area (Å²) < 4.78 is 0. The van der Waals surface area contributed by atoms with Crippen LogP contribution >= 0.6 is 0 Å². The second kappa shape index (κ2) is 7.38. The Labute approximate surface area is 108 Å². The van der Waals surface area contributed by atoms with E-state index in [-0.39, 0.29) is 0 Å². The summed E-state index contributed by atoms with van der Waals surface area (Å²) in [6.07, 6.45) is 8.09. The first kappa shape index (κ1) is 15.0. The average Bonchev–Trinajstić information content (AvgIpc) is 2.34. The van der Waals surface area contributed by atoms with Crippen molar-refractivity contribution in [3.8, 4) is 0 Å². The van der Waals surface area contributed by atoms with Crippen LogP contribution in [0.1, 0.15) is 59.3 Å². The molecule has 1 saturated carbocycles. The van der Waals surface area contributed by atoms with Crippen LogP contribution in [0.2, 0.25) is 0 Å². The van der Waals surface area contributed by atoms with Crippen LogP contribution in [0.15, 0.2) is 0 Å². The van der Waals surface area contributed by atoms with Crippen LogP contribution in [0, 0.1) is 11.3 Å². The zero-order chi connectivity index (χ0) is 12.7. The summed E-state index contributed by atoms with van der Waals surface area (Å²) >= 11 is 0. The molecule has 2 N–H and O–H groups in total. The molecule has 0 bridgehead atoms. The predicted molar refractivity (Wildman–Crippen MR) is 76.1 cm³/mol. The lowest BCUT2D eigenvalue weighted by Gasteiger charge is -2.42. The molecule has 0 spiro atoms. The first-order valence-electron chi connectivity index (χ1n) is 7.58. The van der Waals surface area contributed by atoms with Crippen LogP contribution in [0.5, 0.6) is 0 Å². The molecule has 1 aliphatic carbocycles. The van der Waals surface area contributed by atoms with Gasteiger partial charge in [-0.15, -0.1) is 0 Å². The molecule has 0 aliphatic heterocycles. The van der Waals surface area contributed by atoms with Gasteiger partial charge in [0.05, 0.1) is 0 Å². The monoisotopic (exact) mass is 240 g/mol. The summed E-state index contributed by atoms with van der Waals surface area (Å²) in [5.41, 5.74) is 6.52. The Morgan fingerprint density at radius 2 is 2.12 bits per heavy atom. The fourth-order valence-corrected chi connectivity index (χ4v) is 3.37. The number of nitrogens with two attached hydrogens (primary N) is 1. The van der Waals surface area contributed by atoms with Crippen LogP contribution < -0.4 is 5.73 Å². The lowest BCUT2D eigenvalue weighted by molar-refractivity contribution is 0.0901. The average molecular weight is 240 g/mol. The molecule has 0 aromatic heterocycles. The van der Waals surface area contributed by atoms with Crippen molar-refractivity contribution in [2.45, 2.75) is 59.3 Å². The van der Waals surface area contributed by atoms with Gasteiger partial charge in [0.25, 0.3) is 0 Å². The second-order valence-corrected chi connectivity index (χ2v) is 6.13. The van der Waals surface area contributed by atoms with Crippen molar-refractivity contribution >= 4 is 0 Å². The number of rotatable bonds is 7. The van der Waals surface area contributed by atoms with Crippen molar-refractivity contribution in [2.75, 3.05) is 26.2 Å². The summed E-state index contributed by atoms with van der Waals surface area (Å²) in [7, 11) is 0. The number of unbranched alkanes of at least 4 members (excludes halogenated alkanes) is 1. The van der Waals surface area contributed by atoms with Crippen LogP contribution in [-0.2, 0) is 0 Å². The van der Waals surface area contributed by atoms with E-state index >= 15 is 0 Å². The topological polar surface area (TPSA) is 29.3 Å². The Kier molecular flexibility index (Phi) is 6.50. The van der Waals surface area contributed by atoms with E-state index in [4.69, 9.17) is 5.73 Å². The number of hydrogen-bond acceptors (Lipinski definition) is 2. The zero-order valence-corrected chi connectivity index (χ0v) is 12.2. The minimum atomic E-state index is 0.418. The molecule has 0 aromatic carbocycles. The van der Waals surface area contributed by atoms with E-state index in [1.807, 2.05) is 0 Å². The maximum atomic E-state index is 6.11. The summed E-state index contributed by atoms with van der Waals surface area (Å²) in [5, 5.41) is 0. The van der Waals surface area contributed by atoms with Crippen LogP contribution in [-0.4, -0.2) is 31.1 Å². The normalized spacial score (nSPS) is 29.8.